The molecule has 1 aliphatic heterocycles. The summed E-state index contributed by atoms with van der Waals surface area (Å²) >= 11 is 1.42. The maximum atomic E-state index is 12.0. The van der Waals surface area contributed by atoms with Crippen LogP contribution in [0.1, 0.15) is 18.1 Å². The summed E-state index contributed by atoms with van der Waals surface area (Å²) in [4.78, 5) is 13.7. The number of hydrogen-bond acceptors (Lipinski definition) is 4. The molecule has 94 valence electrons. The minimum atomic E-state index is 0.0578. The normalized spacial score (nSPS) is 18.3. The fourth-order valence-electron chi connectivity index (χ4n) is 1.92. The Morgan fingerprint density at radius 1 is 1.33 bits per heavy atom. The number of amidine groups is 1. The Labute approximate surface area is 111 Å². The highest BCUT2D eigenvalue weighted by Crippen LogP contribution is 2.31. The minimum absolute atomic E-state index is 0.0578. The second-order valence-electron chi connectivity index (χ2n) is 4.01. The molecule has 18 heavy (non-hydrogen) atoms. The second kappa shape index (κ2) is 5.35. The van der Waals surface area contributed by atoms with Crippen LogP contribution in [0.15, 0.2) is 28.4 Å². The first-order valence-corrected chi connectivity index (χ1v) is 6.71. The summed E-state index contributed by atoms with van der Waals surface area (Å²) < 4.78 is 0. The maximum absolute atomic E-state index is 12.0. The van der Waals surface area contributed by atoms with Gasteiger partial charge in [-0.25, -0.2) is 0 Å². The van der Waals surface area contributed by atoms with E-state index in [0.717, 1.165) is 16.8 Å². The summed E-state index contributed by atoms with van der Waals surface area (Å²) in [5, 5.41) is 8.61. The lowest BCUT2D eigenvalue weighted by atomic mass is 10.1. The molecule has 0 unspecified atom stereocenters. The first-order chi connectivity index (χ1) is 8.65. The van der Waals surface area contributed by atoms with E-state index in [1.165, 1.54) is 11.8 Å². The van der Waals surface area contributed by atoms with E-state index in [-0.39, 0.29) is 5.91 Å². The van der Waals surface area contributed by atoms with Gasteiger partial charge >= 0.3 is 0 Å². The first-order valence-electron chi connectivity index (χ1n) is 5.72. The van der Waals surface area contributed by atoms with Gasteiger partial charge in [-0.1, -0.05) is 30.0 Å². The molecule has 0 saturated carbocycles. The van der Waals surface area contributed by atoms with E-state index in [0.29, 0.717) is 10.9 Å². The molecular formula is C13H15N3OS. The van der Waals surface area contributed by atoms with Gasteiger partial charge in [0.25, 0.3) is 0 Å². The lowest BCUT2D eigenvalue weighted by Gasteiger charge is -2.20. The number of nitrogens with zero attached hydrogens (tertiary/aromatic N) is 3. The molecule has 0 aliphatic carbocycles. The van der Waals surface area contributed by atoms with Crippen LogP contribution in [-0.4, -0.2) is 23.0 Å². The molecular weight excluding hydrogens is 246 g/mol. The van der Waals surface area contributed by atoms with E-state index in [9.17, 15) is 4.79 Å². The number of benzene rings is 1. The molecule has 1 saturated heterocycles. The molecule has 1 amide bonds. The zero-order valence-corrected chi connectivity index (χ0v) is 11.5. The monoisotopic (exact) mass is 261 g/mol. The van der Waals surface area contributed by atoms with Gasteiger partial charge in [0.1, 0.15) is 0 Å². The van der Waals surface area contributed by atoms with E-state index >= 15 is 0 Å². The molecule has 0 N–H and O–H groups in total. The topological polar surface area (TPSA) is 45.0 Å². The molecule has 0 atom stereocenters. The van der Waals surface area contributed by atoms with Crippen molar-refractivity contribution in [3.05, 3.63) is 29.3 Å². The molecule has 0 radical (unpaired) electrons. The third kappa shape index (κ3) is 2.31. The molecule has 1 aromatic carbocycles. The standard InChI is InChI=1S/C13H15N3OS/c1-4-14-15-13-16(11(17)8-18-13)12-9(2)6-5-7-10(12)3/h4-7H,8H2,1-3H3/b14-4+,15-13-. The van der Waals surface area contributed by atoms with E-state index in [1.54, 1.807) is 18.0 Å². The summed E-state index contributed by atoms with van der Waals surface area (Å²) in [5.41, 5.74) is 3.07. The van der Waals surface area contributed by atoms with Crippen LogP contribution in [0.3, 0.4) is 0 Å². The molecule has 0 spiro atoms. The zero-order chi connectivity index (χ0) is 13.1. The Morgan fingerprint density at radius 2 is 2.00 bits per heavy atom. The number of carbonyl (C=O) groups excluding carboxylic acids is 1. The zero-order valence-electron chi connectivity index (χ0n) is 10.7. The average Bonchev–Trinajstić information content (AvgIpc) is 2.69. The molecule has 2 rings (SSSR count). The van der Waals surface area contributed by atoms with Crippen molar-refractivity contribution in [1.82, 2.24) is 0 Å². The van der Waals surface area contributed by atoms with Crippen molar-refractivity contribution in [2.24, 2.45) is 10.2 Å². The van der Waals surface area contributed by atoms with Gasteiger partial charge in [0.05, 0.1) is 11.4 Å². The van der Waals surface area contributed by atoms with Gasteiger partial charge in [-0.05, 0) is 31.9 Å². The summed E-state index contributed by atoms with van der Waals surface area (Å²) in [7, 11) is 0. The van der Waals surface area contributed by atoms with Crippen LogP contribution in [0.25, 0.3) is 0 Å². The first kappa shape index (κ1) is 12.8. The maximum Gasteiger partial charge on any atom is 0.243 e. The van der Waals surface area contributed by atoms with Crippen molar-refractivity contribution < 1.29 is 4.79 Å². The summed E-state index contributed by atoms with van der Waals surface area (Å²) in [5.74, 6) is 0.480. The van der Waals surface area contributed by atoms with Gasteiger partial charge in [-0.3, -0.25) is 9.69 Å². The minimum Gasteiger partial charge on any atom is -0.273 e. The van der Waals surface area contributed by atoms with Gasteiger partial charge < -0.3 is 0 Å². The summed E-state index contributed by atoms with van der Waals surface area (Å²) in [6, 6.07) is 5.99. The number of rotatable bonds is 2. The van der Waals surface area contributed by atoms with E-state index < -0.39 is 0 Å². The number of carbonyl (C=O) groups is 1. The Morgan fingerprint density at radius 3 is 2.61 bits per heavy atom. The SMILES string of the molecule is C/C=N/N=C1\SCC(=O)N1c1c(C)cccc1C. The van der Waals surface area contributed by atoms with Gasteiger partial charge in [-0.15, -0.1) is 5.10 Å². The Bertz CT molecular complexity index is 517. The Balaban J connectivity index is 2.50. The summed E-state index contributed by atoms with van der Waals surface area (Å²) in [6.07, 6.45) is 1.61. The highest BCUT2D eigenvalue weighted by molar-refractivity contribution is 8.15. The van der Waals surface area contributed by atoms with Crippen LogP contribution < -0.4 is 4.90 Å². The van der Waals surface area contributed by atoms with E-state index in [2.05, 4.69) is 10.2 Å². The van der Waals surface area contributed by atoms with Crippen molar-refractivity contribution in [2.75, 3.05) is 10.7 Å². The highest BCUT2D eigenvalue weighted by Gasteiger charge is 2.31. The third-order valence-corrected chi connectivity index (χ3v) is 3.60. The largest absolute Gasteiger partial charge is 0.273 e. The Hall–Kier alpha value is -1.62. The lowest BCUT2D eigenvalue weighted by molar-refractivity contribution is -0.115. The highest BCUT2D eigenvalue weighted by atomic mass is 32.2. The van der Waals surface area contributed by atoms with E-state index in [4.69, 9.17) is 0 Å². The molecule has 5 heteroatoms. The number of thioether (sulfide) groups is 1. The van der Waals surface area contributed by atoms with Crippen molar-refractivity contribution in [2.45, 2.75) is 20.8 Å². The molecule has 1 fully saturated rings. The van der Waals surface area contributed by atoms with Crippen LogP contribution in [0.5, 0.6) is 0 Å². The van der Waals surface area contributed by atoms with Gasteiger partial charge in [0.15, 0.2) is 5.17 Å². The van der Waals surface area contributed by atoms with Gasteiger partial charge in [0, 0.05) is 6.21 Å². The molecule has 1 aromatic rings. The van der Waals surface area contributed by atoms with Crippen LogP contribution in [0.2, 0.25) is 0 Å². The van der Waals surface area contributed by atoms with Crippen LogP contribution in [0.4, 0.5) is 5.69 Å². The Kier molecular flexibility index (Phi) is 3.81. The fraction of sp³-hybridized carbons (Fsp3) is 0.308. The van der Waals surface area contributed by atoms with Crippen molar-refractivity contribution in [3.8, 4) is 0 Å². The van der Waals surface area contributed by atoms with Crippen LogP contribution in [-0.2, 0) is 4.79 Å². The number of amides is 1. The van der Waals surface area contributed by atoms with Crippen molar-refractivity contribution in [3.63, 3.8) is 0 Å². The van der Waals surface area contributed by atoms with Crippen molar-refractivity contribution >= 4 is 34.7 Å². The van der Waals surface area contributed by atoms with Gasteiger partial charge in [0.2, 0.25) is 5.91 Å². The molecule has 1 heterocycles. The predicted octanol–water partition coefficient (Wildman–Crippen LogP) is 2.74. The number of hydrogen-bond donors (Lipinski definition) is 0. The molecule has 0 bridgehead atoms. The molecule has 0 aromatic heterocycles. The lowest BCUT2D eigenvalue weighted by Crippen LogP contribution is -2.30. The predicted molar refractivity (Wildman–Crippen MR) is 77.5 cm³/mol. The molecule has 4 nitrogen and oxygen atoms in total. The fourth-order valence-corrected chi connectivity index (χ4v) is 2.73. The molecule has 1 aliphatic rings. The number of para-hydroxylation sites is 1. The number of aryl methyl sites for hydroxylation is 2. The quantitative estimate of drug-likeness (QED) is 0.607. The third-order valence-electron chi connectivity index (χ3n) is 2.69. The number of anilines is 1. The summed E-state index contributed by atoms with van der Waals surface area (Å²) in [6.45, 7) is 5.80. The van der Waals surface area contributed by atoms with Gasteiger partial charge in [-0.2, -0.15) is 5.10 Å². The van der Waals surface area contributed by atoms with Crippen LogP contribution >= 0.6 is 11.8 Å². The van der Waals surface area contributed by atoms with E-state index in [1.807, 2.05) is 32.0 Å². The van der Waals surface area contributed by atoms with Crippen molar-refractivity contribution in [1.29, 1.82) is 0 Å². The second-order valence-corrected chi connectivity index (χ2v) is 4.96. The van der Waals surface area contributed by atoms with Crippen LogP contribution in [0, 0.1) is 13.8 Å². The average molecular weight is 261 g/mol. The smallest absolute Gasteiger partial charge is 0.243 e.